The maximum Gasteiger partial charge on any atom is 0.254 e. The van der Waals surface area contributed by atoms with Crippen LogP contribution in [0.2, 0.25) is 0 Å². The average Bonchev–Trinajstić information content (AvgIpc) is 2.47. The van der Waals surface area contributed by atoms with Crippen molar-refractivity contribution in [1.29, 1.82) is 0 Å². The van der Waals surface area contributed by atoms with Gasteiger partial charge in [0.05, 0.1) is 0 Å². The Balaban J connectivity index is 1.96. The summed E-state index contributed by atoms with van der Waals surface area (Å²) in [5, 5.41) is 0. The lowest BCUT2D eigenvalue weighted by atomic mass is 10.0. The van der Waals surface area contributed by atoms with Crippen LogP contribution in [0.15, 0.2) is 23.1 Å². The highest BCUT2D eigenvalue weighted by atomic mass is 16.2. The molecule has 0 radical (unpaired) electrons. The van der Waals surface area contributed by atoms with E-state index in [1.54, 1.807) is 11.0 Å². The molecule has 5 nitrogen and oxygen atoms in total. The predicted molar refractivity (Wildman–Crippen MR) is 78.9 cm³/mol. The molecule has 0 bridgehead atoms. The third kappa shape index (κ3) is 3.48. The highest BCUT2D eigenvalue weighted by molar-refractivity contribution is 5.94. The molecule has 5 heteroatoms. The van der Waals surface area contributed by atoms with E-state index < -0.39 is 0 Å². The normalized spacial score (nSPS) is 17.1. The number of H-pyrrole nitrogens is 1. The predicted octanol–water partition coefficient (Wildman–Crippen LogP) is 1.32. The van der Waals surface area contributed by atoms with Gasteiger partial charge >= 0.3 is 0 Å². The molecule has 110 valence electrons. The molecule has 1 saturated heterocycles. The van der Waals surface area contributed by atoms with Gasteiger partial charge in [-0.15, -0.1) is 0 Å². The number of piperidine rings is 1. The summed E-state index contributed by atoms with van der Waals surface area (Å²) in [5.74, 6) is -0.0648. The van der Waals surface area contributed by atoms with E-state index in [0.717, 1.165) is 32.5 Å². The van der Waals surface area contributed by atoms with Gasteiger partial charge in [-0.25, -0.2) is 0 Å². The van der Waals surface area contributed by atoms with Gasteiger partial charge in [-0.1, -0.05) is 6.92 Å². The lowest BCUT2D eigenvalue weighted by Crippen LogP contribution is -2.45. The Morgan fingerprint density at radius 2 is 2.15 bits per heavy atom. The Hall–Kier alpha value is -1.62. The Morgan fingerprint density at radius 1 is 1.45 bits per heavy atom. The summed E-state index contributed by atoms with van der Waals surface area (Å²) < 4.78 is 0. The summed E-state index contributed by atoms with van der Waals surface area (Å²) in [4.78, 5) is 30.4. The maximum atomic E-state index is 12.4. The molecule has 0 unspecified atom stereocenters. The van der Waals surface area contributed by atoms with Gasteiger partial charge in [0.2, 0.25) is 5.56 Å². The molecule has 2 rings (SSSR count). The van der Waals surface area contributed by atoms with Gasteiger partial charge in [-0.05, 0) is 31.9 Å². The van der Waals surface area contributed by atoms with Crippen molar-refractivity contribution >= 4 is 5.91 Å². The molecule has 1 amide bonds. The molecular weight excluding hydrogens is 254 g/mol. The minimum atomic E-state index is -0.234. The molecule has 1 aliphatic heterocycles. The van der Waals surface area contributed by atoms with Crippen LogP contribution < -0.4 is 5.56 Å². The van der Waals surface area contributed by atoms with Gasteiger partial charge in [0, 0.05) is 44.0 Å². The third-order valence-corrected chi connectivity index (χ3v) is 3.99. The van der Waals surface area contributed by atoms with E-state index in [4.69, 9.17) is 0 Å². The van der Waals surface area contributed by atoms with E-state index in [1.165, 1.54) is 18.7 Å². The molecule has 0 atom stereocenters. The second-order valence-electron chi connectivity index (χ2n) is 5.43. The fraction of sp³-hybridized carbons (Fsp3) is 0.600. The largest absolute Gasteiger partial charge is 0.339 e. The lowest BCUT2D eigenvalue weighted by Gasteiger charge is -2.36. The molecule has 1 N–H and O–H groups in total. The van der Waals surface area contributed by atoms with E-state index >= 15 is 0 Å². The zero-order chi connectivity index (χ0) is 14.5. The van der Waals surface area contributed by atoms with Gasteiger partial charge in [-0.2, -0.15) is 0 Å². The van der Waals surface area contributed by atoms with Crippen LogP contribution in [-0.4, -0.2) is 53.4 Å². The van der Waals surface area contributed by atoms with Crippen LogP contribution in [0, 0.1) is 0 Å². The molecule has 0 spiro atoms. The number of likely N-dealkylation sites (tertiary alicyclic amines) is 1. The second-order valence-corrected chi connectivity index (χ2v) is 5.43. The molecular formula is C15H23N3O2. The number of carbonyl (C=O) groups excluding carboxylic acids is 1. The molecule has 0 aromatic carbocycles. The number of hydrogen-bond acceptors (Lipinski definition) is 3. The smallest absolute Gasteiger partial charge is 0.254 e. The van der Waals surface area contributed by atoms with Gasteiger partial charge in [0.25, 0.3) is 5.91 Å². The fourth-order valence-corrected chi connectivity index (χ4v) is 2.79. The van der Waals surface area contributed by atoms with E-state index in [9.17, 15) is 9.59 Å². The van der Waals surface area contributed by atoms with Crippen LogP contribution >= 0.6 is 0 Å². The zero-order valence-electron chi connectivity index (χ0n) is 12.3. The number of carbonyl (C=O) groups is 1. The molecule has 1 aromatic heterocycles. The van der Waals surface area contributed by atoms with Gasteiger partial charge in [0.1, 0.15) is 0 Å². The summed E-state index contributed by atoms with van der Waals surface area (Å²) in [7, 11) is 1.84. The molecule has 20 heavy (non-hydrogen) atoms. The molecule has 0 aliphatic carbocycles. The third-order valence-electron chi connectivity index (χ3n) is 3.99. The minimum Gasteiger partial charge on any atom is -0.339 e. The summed E-state index contributed by atoms with van der Waals surface area (Å²) >= 11 is 0. The van der Waals surface area contributed by atoms with Crippen LogP contribution in [0.4, 0.5) is 0 Å². The van der Waals surface area contributed by atoms with Crippen molar-refractivity contribution in [3.05, 3.63) is 34.2 Å². The van der Waals surface area contributed by atoms with Crippen LogP contribution in [0.5, 0.6) is 0 Å². The van der Waals surface area contributed by atoms with Crippen molar-refractivity contribution in [1.82, 2.24) is 14.8 Å². The first-order valence-electron chi connectivity index (χ1n) is 7.30. The summed E-state index contributed by atoms with van der Waals surface area (Å²) in [6.07, 6.45) is 4.70. The number of pyridine rings is 1. The Kier molecular flexibility index (Phi) is 4.95. The standard InChI is InChI=1S/C15H23N3O2/c1-3-8-18-9-5-13(6-10-18)17(2)15(20)12-4-7-16-14(19)11-12/h4,7,11,13H,3,5-6,8-10H2,1-2H3,(H,16,19). The number of aromatic amines is 1. The summed E-state index contributed by atoms with van der Waals surface area (Å²) in [6.45, 7) is 5.42. The van der Waals surface area contributed by atoms with Crippen molar-refractivity contribution in [2.24, 2.45) is 0 Å². The first kappa shape index (κ1) is 14.8. The molecule has 1 aromatic rings. The minimum absolute atomic E-state index is 0.0648. The number of nitrogens with one attached hydrogen (secondary N) is 1. The fourth-order valence-electron chi connectivity index (χ4n) is 2.79. The van der Waals surface area contributed by atoms with E-state index in [-0.39, 0.29) is 17.5 Å². The summed E-state index contributed by atoms with van der Waals surface area (Å²) in [5.41, 5.74) is 0.231. The molecule has 1 fully saturated rings. The average molecular weight is 277 g/mol. The molecule has 2 heterocycles. The highest BCUT2D eigenvalue weighted by Gasteiger charge is 2.25. The maximum absolute atomic E-state index is 12.4. The number of hydrogen-bond donors (Lipinski definition) is 1. The van der Waals surface area contributed by atoms with Crippen LogP contribution in [0.1, 0.15) is 36.5 Å². The van der Waals surface area contributed by atoms with Gasteiger partial charge < -0.3 is 14.8 Å². The SMILES string of the molecule is CCCN1CCC(N(C)C(=O)c2cc[nH]c(=O)c2)CC1. The molecule has 0 saturated carbocycles. The van der Waals surface area contributed by atoms with Gasteiger partial charge in [-0.3, -0.25) is 9.59 Å². The van der Waals surface area contributed by atoms with Crippen LogP contribution in [0.3, 0.4) is 0 Å². The van der Waals surface area contributed by atoms with E-state index in [0.29, 0.717) is 5.56 Å². The topological polar surface area (TPSA) is 56.4 Å². The van der Waals surface area contributed by atoms with Crippen LogP contribution in [-0.2, 0) is 0 Å². The Labute approximate surface area is 119 Å². The van der Waals surface area contributed by atoms with Crippen molar-refractivity contribution in [3.63, 3.8) is 0 Å². The Morgan fingerprint density at radius 3 is 2.75 bits per heavy atom. The second kappa shape index (κ2) is 6.70. The summed E-state index contributed by atoms with van der Waals surface area (Å²) in [6, 6.07) is 3.30. The Bertz CT molecular complexity index is 504. The first-order valence-corrected chi connectivity index (χ1v) is 7.30. The van der Waals surface area contributed by atoms with E-state index in [2.05, 4.69) is 16.8 Å². The highest BCUT2D eigenvalue weighted by Crippen LogP contribution is 2.17. The molecule has 1 aliphatic rings. The van der Waals surface area contributed by atoms with E-state index in [1.807, 2.05) is 7.05 Å². The lowest BCUT2D eigenvalue weighted by molar-refractivity contribution is 0.0642. The number of nitrogens with zero attached hydrogens (tertiary/aromatic N) is 2. The van der Waals surface area contributed by atoms with Crippen molar-refractivity contribution in [3.8, 4) is 0 Å². The number of rotatable bonds is 4. The van der Waals surface area contributed by atoms with Crippen LogP contribution in [0.25, 0.3) is 0 Å². The number of aromatic nitrogens is 1. The quantitative estimate of drug-likeness (QED) is 0.903. The van der Waals surface area contributed by atoms with Gasteiger partial charge in [0.15, 0.2) is 0 Å². The number of amides is 1. The monoisotopic (exact) mass is 277 g/mol. The van der Waals surface area contributed by atoms with Crippen molar-refractivity contribution in [2.45, 2.75) is 32.2 Å². The zero-order valence-corrected chi connectivity index (χ0v) is 12.3. The van der Waals surface area contributed by atoms with Crippen molar-refractivity contribution < 1.29 is 4.79 Å². The van der Waals surface area contributed by atoms with Crippen molar-refractivity contribution in [2.75, 3.05) is 26.7 Å². The first-order chi connectivity index (χ1) is 9.61.